The van der Waals surface area contributed by atoms with Gasteiger partial charge in [-0.05, 0) is 56.2 Å². The highest BCUT2D eigenvalue weighted by atomic mass is 32.1. The molecule has 1 heterocycles. The zero-order valence-electron chi connectivity index (χ0n) is 11.5. The van der Waals surface area contributed by atoms with Crippen molar-refractivity contribution in [3.05, 3.63) is 51.2 Å². The summed E-state index contributed by atoms with van der Waals surface area (Å²) in [4.78, 5) is 6.87. The molecule has 1 aromatic carbocycles. The van der Waals surface area contributed by atoms with Crippen molar-refractivity contribution < 1.29 is 0 Å². The van der Waals surface area contributed by atoms with Crippen LogP contribution in [0.5, 0.6) is 0 Å². The van der Waals surface area contributed by atoms with Crippen molar-refractivity contribution in [3.8, 4) is 0 Å². The normalized spacial score (nSPS) is 11.6. The van der Waals surface area contributed by atoms with Crippen LogP contribution < -0.4 is 11.1 Å². The molecule has 0 saturated heterocycles. The van der Waals surface area contributed by atoms with Gasteiger partial charge in [-0.1, -0.05) is 6.07 Å². The zero-order valence-corrected chi connectivity index (χ0v) is 12.3. The van der Waals surface area contributed by atoms with E-state index in [-0.39, 0.29) is 0 Å². The highest BCUT2D eigenvalue weighted by Gasteiger charge is 1.99. The lowest BCUT2D eigenvalue weighted by Crippen LogP contribution is -2.22. The minimum atomic E-state index is 0.453. The molecule has 0 aliphatic rings. The number of hydrogen-bond donors (Lipinski definition) is 2. The van der Waals surface area contributed by atoms with Crippen LogP contribution in [0.4, 0.5) is 5.69 Å². The number of guanidine groups is 1. The summed E-state index contributed by atoms with van der Waals surface area (Å²) < 4.78 is 0. The van der Waals surface area contributed by atoms with E-state index in [0.29, 0.717) is 12.5 Å². The number of aliphatic imine (C=N–C) groups is 1. The summed E-state index contributed by atoms with van der Waals surface area (Å²) in [6, 6.07) is 10.4. The highest BCUT2D eigenvalue weighted by molar-refractivity contribution is 7.11. The van der Waals surface area contributed by atoms with Gasteiger partial charge in [0.1, 0.15) is 0 Å². The molecule has 2 rings (SSSR count). The summed E-state index contributed by atoms with van der Waals surface area (Å²) in [6.07, 6.45) is 0. The van der Waals surface area contributed by atoms with Crippen molar-refractivity contribution in [1.29, 1.82) is 0 Å². The Balaban J connectivity index is 1.99. The average Bonchev–Trinajstić information content (AvgIpc) is 2.77. The first-order chi connectivity index (χ1) is 9.04. The minimum Gasteiger partial charge on any atom is -0.370 e. The lowest BCUT2D eigenvalue weighted by molar-refractivity contribution is 1.09. The minimum absolute atomic E-state index is 0.453. The molecule has 100 valence electrons. The Kier molecular flexibility index (Phi) is 4.22. The molecule has 0 unspecified atom stereocenters. The van der Waals surface area contributed by atoms with Gasteiger partial charge in [-0.25, -0.2) is 4.99 Å². The van der Waals surface area contributed by atoms with Crippen molar-refractivity contribution in [2.75, 3.05) is 5.32 Å². The maximum Gasteiger partial charge on any atom is 0.193 e. The number of nitrogens with one attached hydrogen (secondary N) is 1. The van der Waals surface area contributed by atoms with E-state index in [1.807, 2.05) is 6.07 Å². The van der Waals surface area contributed by atoms with Crippen LogP contribution in [0, 0.1) is 20.8 Å². The summed E-state index contributed by atoms with van der Waals surface area (Å²) in [5.41, 5.74) is 9.39. The SMILES string of the molecule is Cc1ccc(CN=C(N)Nc2ccc(C)c(C)c2)s1. The first kappa shape index (κ1) is 13.6. The first-order valence-electron chi connectivity index (χ1n) is 6.24. The maximum atomic E-state index is 5.89. The van der Waals surface area contributed by atoms with Crippen molar-refractivity contribution in [2.24, 2.45) is 10.7 Å². The van der Waals surface area contributed by atoms with Gasteiger partial charge in [0.2, 0.25) is 0 Å². The number of rotatable bonds is 3. The van der Waals surface area contributed by atoms with E-state index in [9.17, 15) is 0 Å². The third-order valence-electron chi connectivity index (χ3n) is 2.98. The maximum absolute atomic E-state index is 5.89. The smallest absolute Gasteiger partial charge is 0.193 e. The molecule has 1 aromatic heterocycles. The van der Waals surface area contributed by atoms with Crippen LogP contribution in [0.2, 0.25) is 0 Å². The van der Waals surface area contributed by atoms with Crippen LogP contribution in [0.3, 0.4) is 0 Å². The quantitative estimate of drug-likeness (QED) is 0.663. The van der Waals surface area contributed by atoms with E-state index >= 15 is 0 Å². The Hall–Kier alpha value is -1.81. The molecule has 3 N–H and O–H groups in total. The van der Waals surface area contributed by atoms with Crippen LogP contribution in [0.15, 0.2) is 35.3 Å². The van der Waals surface area contributed by atoms with Gasteiger partial charge in [-0.2, -0.15) is 0 Å². The van der Waals surface area contributed by atoms with Crippen LogP contribution in [0.1, 0.15) is 20.9 Å². The van der Waals surface area contributed by atoms with Crippen LogP contribution in [0.25, 0.3) is 0 Å². The Morgan fingerprint density at radius 3 is 2.58 bits per heavy atom. The van der Waals surface area contributed by atoms with E-state index in [1.54, 1.807) is 11.3 Å². The van der Waals surface area contributed by atoms with Gasteiger partial charge in [0, 0.05) is 15.4 Å². The largest absolute Gasteiger partial charge is 0.370 e. The van der Waals surface area contributed by atoms with Crippen LogP contribution in [-0.4, -0.2) is 5.96 Å². The number of nitrogens with two attached hydrogens (primary N) is 1. The molecule has 0 spiro atoms. The molecule has 0 fully saturated rings. The molecule has 19 heavy (non-hydrogen) atoms. The fraction of sp³-hybridized carbons (Fsp3) is 0.267. The second-order valence-electron chi connectivity index (χ2n) is 4.64. The molecule has 3 nitrogen and oxygen atoms in total. The molecule has 0 atom stereocenters. The van der Waals surface area contributed by atoms with E-state index < -0.39 is 0 Å². The van der Waals surface area contributed by atoms with Gasteiger partial charge in [0.15, 0.2) is 5.96 Å². The molecule has 0 bridgehead atoms. The van der Waals surface area contributed by atoms with Gasteiger partial charge < -0.3 is 11.1 Å². The Bertz CT molecular complexity index is 599. The standard InChI is InChI=1S/C15H19N3S/c1-10-4-6-13(8-11(10)2)18-15(16)17-9-14-7-5-12(3)19-14/h4-8H,9H2,1-3H3,(H3,16,17,18). The predicted molar refractivity (Wildman–Crippen MR) is 83.9 cm³/mol. The summed E-state index contributed by atoms with van der Waals surface area (Å²) >= 11 is 1.75. The lowest BCUT2D eigenvalue weighted by atomic mass is 10.1. The topological polar surface area (TPSA) is 50.4 Å². The van der Waals surface area contributed by atoms with E-state index in [4.69, 9.17) is 5.73 Å². The van der Waals surface area contributed by atoms with Crippen molar-refractivity contribution in [2.45, 2.75) is 27.3 Å². The molecule has 2 aromatic rings. The molecule has 4 heteroatoms. The number of anilines is 1. The summed E-state index contributed by atoms with van der Waals surface area (Å²) in [6.45, 7) is 6.90. The fourth-order valence-corrected chi connectivity index (χ4v) is 2.55. The third-order valence-corrected chi connectivity index (χ3v) is 3.97. The van der Waals surface area contributed by atoms with Crippen LogP contribution in [-0.2, 0) is 6.54 Å². The molecular formula is C15H19N3S. The van der Waals surface area contributed by atoms with E-state index in [1.165, 1.54) is 20.9 Å². The Labute approximate surface area is 118 Å². The van der Waals surface area contributed by atoms with Gasteiger partial charge in [0.25, 0.3) is 0 Å². The first-order valence-corrected chi connectivity index (χ1v) is 7.06. The van der Waals surface area contributed by atoms with Crippen molar-refractivity contribution in [1.82, 2.24) is 0 Å². The lowest BCUT2D eigenvalue weighted by Gasteiger charge is -2.07. The second kappa shape index (κ2) is 5.89. The van der Waals surface area contributed by atoms with Gasteiger partial charge in [-0.3, -0.25) is 0 Å². The molecule has 0 saturated carbocycles. The fourth-order valence-electron chi connectivity index (χ4n) is 1.74. The number of benzene rings is 1. The highest BCUT2D eigenvalue weighted by Crippen LogP contribution is 2.16. The predicted octanol–water partition coefficient (Wildman–Crippen LogP) is 3.60. The molecule has 0 aliphatic carbocycles. The Morgan fingerprint density at radius 1 is 1.16 bits per heavy atom. The molecule has 0 amide bonds. The van der Waals surface area contributed by atoms with Gasteiger partial charge >= 0.3 is 0 Å². The summed E-state index contributed by atoms with van der Waals surface area (Å²) in [5, 5.41) is 3.12. The molecule has 0 radical (unpaired) electrons. The zero-order chi connectivity index (χ0) is 13.8. The van der Waals surface area contributed by atoms with Gasteiger partial charge in [-0.15, -0.1) is 11.3 Å². The van der Waals surface area contributed by atoms with E-state index in [0.717, 1.165) is 5.69 Å². The number of hydrogen-bond acceptors (Lipinski definition) is 2. The Morgan fingerprint density at radius 2 is 1.95 bits per heavy atom. The second-order valence-corrected chi connectivity index (χ2v) is 6.01. The molecular weight excluding hydrogens is 254 g/mol. The summed E-state index contributed by atoms with van der Waals surface area (Å²) in [7, 11) is 0. The number of thiophene rings is 1. The van der Waals surface area contributed by atoms with Crippen molar-refractivity contribution >= 4 is 23.0 Å². The summed E-state index contributed by atoms with van der Waals surface area (Å²) in [5.74, 6) is 0.453. The van der Waals surface area contributed by atoms with Gasteiger partial charge in [0.05, 0.1) is 6.54 Å². The van der Waals surface area contributed by atoms with E-state index in [2.05, 4.69) is 55.3 Å². The van der Waals surface area contributed by atoms with Crippen molar-refractivity contribution in [3.63, 3.8) is 0 Å². The third kappa shape index (κ3) is 3.83. The monoisotopic (exact) mass is 273 g/mol. The molecule has 0 aliphatic heterocycles. The number of aryl methyl sites for hydroxylation is 3. The average molecular weight is 273 g/mol. The number of nitrogens with zero attached hydrogens (tertiary/aromatic N) is 1. The van der Waals surface area contributed by atoms with Crippen LogP contribution >= 0.6 is 11.3 Å².